The summed E-state index contributed by atoms with van der Waals surface area (Å²) in [5.41, 5.74) is 0.569. The second-order valence-electron chi connectivity index (χ2n) is 4.96. The number of thiophene rings is 1. The van der Waals surface area contributed by atoms with Gasteiger partial charge < -0.3 is 10.4 Å². The Kier molecular flexibility index (Phi) is 5.27. The largest absolute Gasteiger partial charge is 0.481 e. The lowest BCUT2D eigenvalue weighted by Gasteiger charge is -2.17. The van der Waals surface area contributed by atoms with Crippen LogP contribution in [0, 0.1) is 12.7 Å². The molecule has 0 saturated carbocycles. The Morgan fingerprint density at radius 2 is 1.91 bits per heavy atom. The molecule has 116 valence electrons. The number of aryl methyl sites for hydroxylation is 1. The first-order valence-electron chi connectivity index (χ1n) is 6.76. The Hall–Kier alpha value is -2.21. The first-order chi connectivity index (χ1) is 10.4. The van der Waals surface area contributed by atoms with E-state index in [0.717, 1.165) is 9.75 Å². The van der Waals surface area contributed by atoms with Crippen molar-refractivity contribution in [2.75, 3.05) is 0 Å². The Labute approximate surface area is 131 Å². The fourth-order valence-corrected chi connectivity index (χ4v) is 2.99. The van der Waals surface area contributed by atoms with Crippen molar-refractivity contribution in [2.45, 2.75) is 25.8 Å². The zero-order valence-corrected chi connectivity index (χ0v) is 12.8. The van der Waals surface area contributed by atoms with E-state index in [0.29, 0.717) is 5.56 Å². The lowest BCUT2D eigenvalue weighted by Crippen LogP contribution is -2.31. The number of rotatable bonds is 6. The van der Waals surface area contributed by atoms with Gasteiger partial charge in [0, 0.05) is 9.75 Å². The van der Waals surface area contributed by atoms with Crippen molar-refractivity contribution in [1.82, 2.24) is 5.32 Å². The molecule has 4 nitrogen and oxygen atoms in total. The van der Waals surface area contributed by atoms with Crippen LogP contribution in [0.25, 0.3) is 0 Å². The van der Waals surface area contributed by atoms with E-state index in [-0.39, 0.29) is 18.7 Å². The highest BCUT2D eigenvalue weighted by molar-refractivity contribution is 7.12. The van der Waals surface area contributed by atoms with E-state index >= 15 is 0 Å². The van der Waals surface area contributed by atoms with Gasteiger partial charge in [-0.2, -0.15) is 0 Å². The summed E-state index contributed by atoms with van der Waals surface area (Å²) in [5, 5.41) is 11.7. The quantitative estimate of drug-likeness (QED) is 0.859. The van der Waals surface area contributed by atoms with Gasteiger partial charge in [-0.15, -0.1) is 11.3 Å². The molecular weight excluding hydrogens is 305 g/mol. The van der Waals surface area contributed by atoms with Crippen molar-refractivity contribution in [3.8, 4) is 0 Å². The molecule has 0 aliphatic rings. The van der Waals surface area contributed by atoms with Crippen molar-refractivity contribution in [3.63, 3.8) is 0 Å². The molecule has 0 saturated heterocycles. The van der Waals surface area contributed by atoms with Crippen LogP contribution in [0.5, 0.6) is 0 Å². The maximum absolute atomic E-state index is 13.0. The molecule has 6 heteroatoms. The summed E-state index contributed by atoms with van der Waals surface area (Å²) in [6.07, 6.45) is -0.0450. The van der Waals surface area contributed by atoms with Crippen molar-refractivity contribution in [2.24, 2.45) is 0 Å². The highest BCUT2D eigenvalue weighted by Crippen LogP contribution is 2.19. The number of halogens is 1. The molecular formula is C16H16FNO3S. The average molecular weight is 321 g/mol. The molecule has 1 aromatic carbocycles. The minimum absolute atomic E-state index is 0.204. The molecule has 0 radical (unpaired) electrons. The van der Waals surface area contributed by atoms with Gasteiger partial charge in [0.2, 0.25) is 5.91 Å². The molecule has 0 bridgehead atoms. The zero-order chi connectivity index (χ0) is 16.1. The number of carboxylic acid groups (broad SMARTS) is 1. The number of benzene rings is 1. The minimum Gasteiger partial charge on any atom is -0.481 e. The lowest BCUT2D eigenvalue weighted by molar-refractivity contribution is -0.137. The maximum atomic E-state index is 13.0. The van der Waals surface area contributed by atoms with E-state index in [1.54, 1.807) is 0 Å². The fraction of sp³-hybridized carbons (Fsp3) is 0.250. The van der Waals surface area contributed by atoms with Crippen molar-refractivity contribution in [3.05, 3.63) is 57.5 Å². The van der Waals surface area contributed by atoms with Gasteiger partial charge in [0.1, 0.15) is 5.82 Å². The van der Waals surface area contributed by atoms with Crippen molar-refractivity contribution >= 4 is 23.2 Å². The molecule has 2 aromatic rings. The number of carboxylic acids is 1. The smallest absolute Gasteiger partial charge is 0.305 e. The molecule has 0 unspecified atom stereocenters. The van der Waals surface area contributed by atoms with E-state index in [1.807, 2.05) is 19.1 Å². The molecule has 22 heavy (non-hydrogen) atoms. The molecule has 0 spiro atoms. The number of carbonyl (C=O) groups is 2. The first kappa shape index (κ1) is 16.2. The number of hydrogen-bond acceptors (Lipinski definition) is 3. The molecule has 1 amide bonds. The summed E-state index contributed by atoms with van der Waals surface area (Å²) in [6.45, 7) is 1.96. The van der Waals surface area contributed by atoms with E-state index in [2.05, 4.69) is 5.32 Å². The summed E-state index contributed by atoms with van der Waals surface area (Å²) < 4.78 is 13.0. The monoisotopic (exact) mass is 321 g/mol. The SMILES string of the molecule is Cc1ccc(CC(=O)N[C@@H](CC(=O)O)c2ccc(F)cc2)s1. The Morgan fingerprint density at radius 3 is 2.45 bits per heavy atom. The van der Waals surface area contributed by atoms with Gasteiger partial charge in [0.05, 0.1) is 18.9 Å². The third-order valence-electron chi connectivity index (χ3n) is 3.12. The van der Waals surface area contributed by atoms with E-state index in [9.17, 15) is 14.0 Å². The number of nitrogens with one attached hydrogen (secondary N) is 1. The van der Waals surface area contributed by atoms with E-state index in [4.69, 9.17) is 5.11 Å². The molecule has 0 fully saturated rings. The molecule has 2 rings (SSSR count). The molecule has 1 heterocycles. The van der Waals surface area contributed by atoms with Gasteiger partial charge in [-0.1, -0.05) is 12.1 Å². The van der Waals surface area contributed by atoms with E-state index in [1.165, 1.54) is 35.6 Å². The molecule has 1 atom stereocenters. The highest BCUT2D eigenvalue weighted by atomic mass is 32.1. The van der Waals surface area contributed by atoms with Crippen LogP contribution in [0.3, 0.4) is 0 Å². The number of hydrogen-bond donors (Lipinski definition) is 2. The molecule has 0 aliphatic heterocycles. The zero-order valence-electron chi connectivity index (χ0n) is 12.0. The Balaban J connectivity index is 2.07. The summed E-state index contributed by atoms with van der Waals surface area (Å²) in [5.74, 6) is -1.68. The predicted molar refractivity (Wildman–Crippen MR) is 82.3 cm³/mol. The number of carbonyl (C=O) groups excluding carboxylic acids is 1. The van der Waals surface area contributed by atoms with Gasteiger partial charge in [-0.25, -0.2) is 4.39 Å². The van der Waals surface area contributed by atoms with Crippen LogP contribution < -0.4 is 5.32 Å². The van der Waals surface area contributed by atoms with Crippen LogP contribution >= 0.6 is 11.3 Å². The van der Waals surface area contributed by atoms with Crippen molar-refractivity contribution in [1.29, 1.82) is 0 Å². The second-order valence-corrected chi connectivity index (χ2v) is 6.33. The maximum Gasteiger partial charge on any atom is 0.305 e. The summed E-state index contributed by atoms with van der Waals surface area (Å²) in [6, 6.07) is 8.60. The first-order valence-corrected chi connectivity index (χ1v) is 7.57. The van der Waals surface area contributed by atoms with Crippen LogP contribution in [0.1, 0.15) is 27.8 Å². The standard InChI is InChI=1S/C16H16FNO3S/c1-10-2-7-13(22-10)8-15(19)18-14(9-16(20)21)11-3-5-12(17)6-4-11/h2-7,14H,8-9H2,1H3,(H,18,19)(H,20,21)/t14-/m0/s1. The molecule has 1 aromatic heterocycles. The number of amides is 1. The summed E-state index contributed by atoms with van der Waals surface area (Å²) in [7, 11) is 0. The van der Waals surface area contributed by atoms with Crippen molar-refractivity contribution < 1.29 is 19.1 Å². The predicted octanol–water partition coefficient (Wildman–Crippen LogP) is 3.07. The molecule has 2 N–H and O–H groups in total. The third-order valence-corrected chi connectivity index (χ3v) is 4.12. The van der Waals surface area contributed by atoms with Gasteiger partial charge in [-0.05, 0) is 36.8 Å². The topological polar surface area (TPSA) is 66.4 Å². The normalized spacial score (nSPS) is 11.9. The third kappa shape index (κ3) is 4.66. The van der Waals surface area contributed by atoms with Crippen LogP contribution in [0.2, 0.25) is 0 Å². The van der Waals surface area contributed by atoms with Gasteiger partial charge in [-0.3, -0.25) is 9.59 Å². The highest BCUT2D eigenvalue weighted by Gasteiger charge is 2.18. The van der Waals surface area contributed by atoms with Gasteiger partial charge >= 0.3 is 5.97 Å². The Morgan fingerprint density at radius 1 is 1.23 bits per heavy atom. The van der Waals surface area contributed by atoms with E-state index < -0.39 is 17.8 Å². The van der Waals surface area contributed by atoms with Crippen LogP contribution in [-0.4, -0.2) is 17.0 Å². The lowest BCUT2D eigenvalue weighted by atomic mass is 10.0. The summed E-state index contributed by atoms with van der Waals surface area (Å²) >= 11 is 1.53. The second kappa shape index (κ2) is 7.17. The average Bonchev–Trinajstić information content (AvgIpc) is 2.83. The number of aliphatic carboxylic acids is 1. The van der Waals surface area contributed by atoms with Crippen LogP contribution in [0.4, 0.5) is 4.39 Å². The van der Waals surface area contributed by atoms with Crippen LogP contribution in [0.15, 0.2) is 36.4 Å². The summed E-state index contributed by atoms with van der Waals surface area (Å²) in [4.78, 5) is 25.1. The van der Waals surface area contributed by atoms with Gasteiger partial charge in [0.25, 0.3) is 0 Å². The van der Waals surface area contributed by atoms with Crippen LogP contribution in [-0.2, 0) is 16.0 Å². The fourth-order valence-electron chi connectivity index (χ4n) is 2.11. The minimum atomic E-state index is -1.03. The van der Waals surface area contributed by atoms with Gasteiger partial charge in [0.15, 0.2) is 0 Å². The Bertz CT molecular complexity index is 666. The molecule has 0 aliphatic carbocycles.